The second-order valence-corrected chi connectivity index (χ2v) is 6.19. The number of hydrogen-bond acceptors (Lipinski definition) is 4. The molecule has 4 rings (SSSR count). The van der Waals surface area contributed by atoms with Gasteiger partial charge in [-0.3, -0.25) is 10.1 Å². The molecule has 1 N–H and O–H groups in total. The van der Waals surface area contributed by atoms with Gasteiger partial charge in [-0.15, -0.1) is 0 Å². The molecule has 0 bridgehead atoms. The van der Waals surface area contributed by atoms with Crippen LogP contribution in [-0.4, -0.2) is 20.7 Å². The quantitative estimate of drug-likeness (QED) is 0.779. The molecule has 0 saturated carbocycles. The third-order valence-electron chi connectivity index (χ3n) is 4.08. The lowest BCUT2D eigenvalue weighted by atomic mass is 10.0. The summed E-state index contributed by atoms with van der Waals surface area (Å²) in [5, 5.41) is 7.65. The second kappa shape index (κ2) is 6.57. The van der Waals surface area contributed by atoms with E-state index in [0.717, 1.165) is 16.9 Å². The number of fused-ring (bicyclic) bond motifs is 1. The van der Waals surface area contributed by atoms with E-state index in [-0.39, 0.29) is 18.4 Å². The minimum atomic E-state index is -0.243. The number of nitrogens with one attached hydrogen (secondary N) is 1. The lowest BCUT2D eigenvalue weighted by molar-refractivity contribution is -0.117. The van der Waals surface area contributed by atoms with Crippen LogP contribution in [0.1, 0.15) is 23.6 Å². The normalized spacial score (nSPS) is 16.2. The molecule has 1 atom stereocenters. The first-order valence-corrected chi connectivity index (χ1v) is 8.24. The van der Waals surface area contributed by atoms with Gasteiger partial charge in [0.25, 0.3) is 0 Å². The number of aromatic nitrogens is 3. The first-order chi connectivity index (χ1) is 12.2. The van der Waals surface area contributed by atoms with E-state index in [1.54, 1.807) is 4.68 Å². The SMILES string of the molecule is O=C1C[C@@H](c2ccccc2OCc2ccc(Cl)cc2)n2ncnc2N1. The monoisotopic (exact) mass is 354 g/mol. The van der Waals surface area contributed by atoms with Crippen molar-refractivity contribution < 1.29 is 9.53 Å². The average molecular weight is 355 g/mol. The molecular formula is C18H15ClN4O2. The van der Waals surface area contributed by atoms with Gasteiger partial charge in [-0.2, -0.15) is 10.1 Å². The first-order valence-electron chi connectivity index (χ1n) is 7.86. The number of hydrogen-bond donors (Lipinski definition) is 1. The fourth-order valence-electron chi connectivity index (χ4n) is 2.88. The molecule has 0 unspecified atom stereocenters. The molecule has 1 aliphatic rings. The molecule has 2 aromatic carbocycles. The molecule has 0 aliphatic carbocycles. The van der Waals surface area contributed by atoms with Gasteiger partial charge in [0.2, 0.25) is 11.9 Å². The highest BCUT2D eigenvalue weighted by molar-refractivity contribution is 6.30. The van der Waals surface area contributed by atoms with E-state index in [4.69, 9.17) is 16.3 Å². The summed E-state index contributed by atoms with van der Waals surface area (Å²) in [5.41, 5.74) is 1.92. The third kappa shape index (κ3) is 3.21. The summed E-state index contributed by atoms with van der Waals surface area (Å²) < 4.78 is 7.72. The lowest BCUT2D eigenvalue weighted by Gasteiger charge is -2.25. The van der Waals surface area contributed by atoms with Crippen LogP contribution in [0.2, 0.25) is 5.02 Å². The Kier molecular flexibility index (Phi) is 4.11. The second-order valence-electron chi connectivity index (χ2n) is 5.75. The molecule has 3 aromatic rings. The zero-order chi connectivity index (χ0) is 17.2. The van der Waals surface area contributed by atoms with Crippen LogP contribution >= 0.6 is 11.6 Å². The van der Waals surface area contributed by atoms with Crippen LogP contribution in [0.15, 0.2) is 54.9 Å². The van der Waals surface area contributed by atoms with Gasteiger partial charge in [-0.05, 0) is 23.8 Å². The molecule has 0 radical (unpaired) electrons. The van der Waals surface area contributed by atoms with Crippen LogP contribution in [-0.2, 0) is 11.4 Å². The Labute approximate surface area is 149 Å². The van der Waals surface area contributed by atoms with E-state index in [0.29, 0.717) is 17.6 Å². The minimum Gasteiger partial charge on any atom is -0.489 e. The fraction of sp³-hybridized carbons (Fsp3) is 0.167. The molecule has 0 saturated heterocycles. The Morgan fingerprint density at radius 3 is 2.84 bits per heavy atom. The van der Waals surface area contributed by atoms with Crippen LogP contribution in [0.25, 0.3) is 0 Å². The van der Waals surface area contributed by atoms with Crippen molar-refractivity contribution in [2.24, 2.45) is 0 Å². The van der Waals surface area contributed by atoms with Crippen molar-refractivity contribution >= 4 is 23.5 Å². The van der Waals surface area contributed by atoms with Gasteiger partial charge in [-0.1, -0.05) is 41.9 Å². The van der Waals surface area contributed by atoms with Gasteiger partial charge in [0.05, 0.1) is 12.5 Å². The highest BCUT2D eigenvalue weighted by Crippen LogP contribution is 2.34. The van der Waals surface area contributed by atoms with Gasteiger partial charge in [-0.25, -0.2) is 4.68 Å². The van der Waals surface area contributed by atoms with Crippen molar-refractivity contribution in [1.29, 1.82) is 0 Å². The minimum absolute atomic E-state index is 0.0852. The summed E-state index contributed by atoms with van der Waals surface area (Å²) in [6.07, 6.45) is 1.72. The number of anilines is 1. The zero-order valence-electron chi connectivity index (χ0n) is 13.2. The average Bonchev–Trinajstić information content (AvgIpc) is 3.09. The number of nitrogens with zero attached hydrogens (tertiary/aromatic N) is 3. The maximum atomic E-state index is 12.0. The molecule has 7 heteroatoms. The molecule has 1 aliphatic heterocycles. The molecule has 25 heavy (non-hydrogen) atoms. The van der Waals surface area contributed by atoms with E-state index >= 15 is 0 Å². The van der Waals surface area contributed by atoms with E-state index in [1.807, 2.05) is 48.5 Å². The number of ether oxygens (including phenoxy) is 1. The van der Waals surface area contributed by atoms with Crippen molar-refractivity contribution in [1.82, 2.24) is 14.8 Å². The Bertz CT molecular complexity index is 907. The number of halogens is 1. The van der Waals surface area contributed by atoms with Crippen molar-refractivity contribution in [3.05, 3.63) is 71.0 Å². The van der Waals surface area contributed by atoms with Crippen molar-refractivity contribution in [2.75, 3.05) is 5.32 Å². The topological polar surface area (TPSA) is 69.0 Å². The highest BCUT2D eigenvalue weighted by Gasteiger charge is 2.29. The van der Waals surface area contributed by atoms with Gasteiger partial charge in [0.15, 0.2) is 0 Å². The Morgan fingerprint density at radius 2 is 2.00 bits per heavy atom. The van der Waals surface area contributed by atoms with Crippen molar-refractivity contribution in [3.63, 3.8) is 0 Å². The lowest BCUT2D eigenvalue weighted by Crippen LogP contribution is -2.29. The van der Waals surface area contributed by atoms with Gasteiger partial charge >= 0.3 is 0 Å². The molecular weight excluding hydrogens is 340 g/mol. The standard InChI is InChI=1S/C18H15ClN4O2/c19-13-7-5-12(6-8-13)10-25-16-4-2-1-3-14(16)15-9-17(24)22-18-20-11-21-23(15)18/h1-8,11,15H,9-10H2,(H,20,21,22,24)/t15-/m0/s1. The molecule has 6 nitrogen and oxygen atoms in total. The van der Waals surface area contributed by atoms with Gasteiger partial charge < -0.3 is 4.74 Å². The Morgan fingerprint density at radius 1 is 1.20 bits per heavy atom. The number of carbonyl (C=O) groups is 1. The maximum Gasteiger partial charge on any atom is 0.229 e. The summed E-state index contributed by atoms with van der Waals surface area (Å²) in [4.78, 5) is 16.1. The highest BCUT2D eigenvalue weighted by atomic mass is 35.5. The molecule has 126 valence electrons. The van der Waals surface area contributed by atoms with E-state index < -0.39 is 0 Å². The fourth-order valence-corrected chi connectivity index (χ4v) is 3.00. The van der Waals surface area contributed by atoms with E-state index in [1.165, 1.54) is 6.33 Å². The summed E-state index contributed by atoms with van der Waals surface area (Å²) in [6, 6.07) is 15.0. The summed E-state index contributed by atoms with van der Waals surface area (Å²) in [6.45, 7) is 0.414. The maximum absolute atomic E-state index is 12.0. The number of amides is 1. The Hall–Kier alpha value is -2.86. The number of carbonyl (C=O) groups excluding carboxylic acids is 1. The molecule has 0 spiro atoms. The van der Waals surface area contributed by atoms with Crippen LogP contribution in [0.5, 0.6) is 5.75 Å². The Balaban J connectivity index is 1.61. The molecule has 1 aromatic heterocycles. The van der Waals surface area contributed by atoms with Crippen LogP contribution in [0.4, 0.5) is 5.95 Å². The predicted octanol–water partition coefficient (Wildman–Crippen LogP) is 3.44. The van der Waals surface area contributed by atoms with Crippen molar-refractivity contribution in [2.45, 2.75) is 19.1 Å². The van der Waals surface area contributed by atoms with E-state index in [2.05, 4.69) is 15.4 Å². The first kappa shape index (κ1) is 15.7. The van der Waals surface area contributed by atoms with Crippen LogP contribution < -0.4 is 10.1 Å². The summed E-state index contributed by atoms with van der Waals surface area (Å²) in [7, 11) is 0. The number of para-hydroxylation sites is 1. The molecule has 1 amide bonds. The zero-order valence-corrected chi connectivity index (χ0v) is 14.0. The number of benzene rings is 2. The number of rotatable bonds is 4. The smallest absolute Gasteiger partial charge is 0.229 e. The molecule has 0 fully saturated rings. The largest absolute Gasteiger partial charge is 0.489 e. The van der Waals surface area contributed by atoms with E-state index in [9.17, 15) is 4.79 Å². The van der Waals surface area contributed by atoms with Gasteiger partial charge in [0, 0.05) is 10.6 Å². The van der Waals surface area contributed by atoms with Crippen LogP contribution in [0, 0.1) is 0 Å². The summed E-state index contributed by atoms with van der Waals surface area (Å²) >= 11 is 5.91. The summed E-state index contributed by atoms with van der Waals surface area (Å²) in [5.74, 6) is 1.09. The van der Waals surface area contributed by atoms with Crippen molar-refractivity contribution in [3.8, 4) is 5.75 Å². The molecule has 2 heterocycles. The van der Waals surface area contributed by atoms with Crippen LogP contribution in [0.3, 0.4) is 0 Å². The van der Waals surface area contributed by atoms with Gasteiger partial charge in [0.1, 0.15) is 18.7 Å². The third-order valence-corrected chi connectivity index (χ3v) is 4.34. The predicted molar refractivity (Wildman–Crippen MR) is 93.6 cm³/mol.